The third-order valence-corrected chi connectivity index (χ3v) is 2.70. The highest BCUT2D eigenvalue weighted by Gasteiger charge is 2.13. The SMILES string of the molecule is CC(N)Cc1noc(-c2cc(Cl)ccc2Cl)n1. The number of hydrogen-bond acceptors (Lipinski definition) is 4. The Labute approximate surface area is 109 Å². The molecule has 6 heteroatoms. The van der Waals surface area contributed by atoms with Crippen LogP contribution in [0.3, 0.4) is 0 Å². The summed E-state index contributed by atoms with van der Waals surface area (Å²) >= 11 is 11.9. The minimum absolute atomic E-state index is 0.0183. The van der Waals surface area contributed by atoms with Crippen molar-refractivity contribution in [2.24, 2.45) is 5.73 Å². The first-order valence-corrected chi connectivity index (χ1v) is 5.85. The van der Waals surface area contributed by atoms with E-state index in [1.54, 1.807) is 18.2 Å². The van der Waals surface area contributed by atoms with Crippen LogP contribution in [-0.2, 0) is 6.42 Å². The molecule has 2 N–H and O–H groups in total. The van der Waals surface area contributed by atoms with Gasteiger partial charge in [-0.1, -0.05) is 28.4 Å². The van der Waals surface area contributed by atoms with Gasteiger partial charge >= 0.3 is 0 Å². The molecule has 0 aliphatic heterocycles. The minimum Gasteiger partial charge on any atom is -0.334 e. The third-order valence-electron chi connectivity index (χ3n) is 2.13. The summed E-state index contributed by atoms with van der Waals surface area (Å²) in [6, 6.07) is 5.06. The molecule has 1 heterocycles. The predicted molar refractivity (Wildman–Crippen MR) is 67.1 cm³/mol. The van der Waals surface area contributed by atoms with E-state index in [9.17, 15) is 0 Å². The highest BCUT2D eigenvalue weighted by molar-refractivity contribution is 6.35. The topological polar surface area (TPSA) is 64.9 Å². The molecule has 0 bridgehead atoms. The van der Waals surface area contributed by atoms with Crippen LogP contribution in [0.25, 0.3) is 11.5 Å². The fourth-order valence-electron chi connectivity index (χ4n) is 1.40. The van der Waals surface area contributed by atoms with Gasteiger partial charge in [-0.05, 0) is 25.1 Å². The first-order chi connectivity index (χ1) is 8.06. The number of halogens is 2. The van der Waals surface area contributed by atoms with E-state index >= 15 is 0 Å². The number of hydrogen-bond donors (Lipinski definition) is 1. The Morgan fingerprint density at radius 1 is 1.41 bits per heavy atom. The third kappa shape index (κ3) is 2.97. The lowest BCUT2D eigenvalue weighted by atomic mass is 10.2. The van der Waals surface area contributed by atoms with Gasteiger partial charge in [0.15, 0.2) is 5.82 Å². The second-order valence-corrected chi connectivity index (χ2v) is 4.66. The molecule has 0 amide bonds. The zero-order valence-electron chi connectivity index (χ0n) is 9.15. The lowest BCUT2D eigenvalue weighted by Crippen LogP contribution is -2.18. The van der Waals surface area contributed by atoms with E-state index in [1.165, 1.54) is 0 Å². The van der Waals surface area contributed by atoms with Crippen molar-refractivity contribution in [1.29, 1.82) is 0 Å². The summed E-state index contributed by atoms with van der Waals surface area (Å²) in [6.07, 6.45) is 0.557. The van der Waals surface area contributed by atoms with Crippen LogP contribution in [0.4, 0.5) is 0 Å². The average molecular weight is 272 g/mol. The van der Waals surface area contributed by atoms with E-state index < -0.39 is 0 Å². The summed E-state index contributed by atoms with van der Waals surface area (Å²) in [5.74, 6) is 0.916. The van der Waals surface area contributed by atoms with Crippen LogP contribution in [-0.4, -0.2) is 16.2 Å². The van der Waals surface area contributed by atoms with Gasteiger partial charge in [-0.3, -0.25) is 0 Å². The quantitative estimate of drug-likeness (QED) is 0.932. The van der Waals surface area contributed by atoms with Crippen LogP contribution in [0.15, 0.2) is 22.7 Å². The molecule has 2 rings (SSSR count). The van der Waals surface area contributed by atoms with Gasteiger partial charge < -0.3 is 10.3 Å². The van der Waals surface area contributed by atoms with Crippen molar-refractivity contribution < 1.29 is 4.52 Å². The lowest BCUT2D eigenvalue weighted by Gasteiger charge is -1.99. The number of rotatable bonds is 3. The van der Waals surface area contributed by atoms with Crippen molar-refractivity contribution in [2.75, 3.05) is 0 Å². The second-order valence-electron chi connectivity index (χ2n) is 3.82. The standard InChI is InChI=1S/C11H11Cl2N3O/c1-6(14)4-10-15-11(17-16-10)8-5-7(12)2-3-9(8)13/h2-3,5-6H,4,14H2,1H3. The largest absolute Gasteiger partial charge is 0.334 e. The lowest BCUT2D eigenvalue weighted by molar-refractivity contribution is 0.420. The Hall–Kier alpha value is -1.10. The molecule has 0 aliphatic rings. The summed E-state index contributed by atoms with van der Waals surface area (Å²) in [5.41, 5.74) is 6.28. The Bertz CT molecular complexity index is 525. The molecular formula is C11H11Cl2N3O. The molecule has 0 radical (unpaired) electrons. The summed E-state index contributed by atoms with van der Waals surface area (Å²) in [5, 5.41) is 4.92. The average Bonchev–Trinajstić information content (AvgIpc) is 2.69. The zero-order chi connectivity index (χ0) is 12.4. The van der Waals surface area contributed by atoms with Gasteiger partial charge in [-0.15, -0.1) is 0 Å². The van der Waals surface area contributed by atoms with Gasteiger partial charge in [0.05, 0.1) is 10.6 Å². The van der Waals surface area contributed by atoms with E-state index in [0.717, 1.165) is 0 Å². The van der Waals surface area contributed by atoms with Gasteiger partial charge in [-0.25, -0.2) is 0 Å². The molecule has 1 unspecified atom stereocenters. The van der Waals surface area contributed by atoms with E-state index in [0.29, 0.717) is 33.7 Å². The maximum Gasteiger partial charge on any atom is 0.259 e. The Morgan fingerprint density at radius 3 is 2.88 bits per heavy atom. The fourth-order valence-corrected chi connectivity index (χ4v) is 1.77. The van der Waals surface area contributed by atoms with Crippen LogP contribution in [0, 0.1) is 0 Å². The molecule has 4 nitrogen and oxygen atoms in total. The summed E-state index contributed by atoms with van der Waals surface area (Å²) in [4.78, 5) is 4.22. The van der Waals surface area contributed by atoms with Gasteiger partial charge in [0.1, 0.15) is 0 Å². The molecule has 0 aliphatic carbocycles. The van der Waals surface area contributed by atoms with Crippen molar-refractivity contribution in [1.82, 2.24) is 10.1 Å². The van der Waals surface area contributed by atoms with Crippen LogP contribution < -0.4 is 5.73 Å². The van der Waals surface area contributed by atoms with Crippen LogP contribution in [0.2, 0.25) is 10.0 Å². The molecule has 2 aromatic rings. The summed E-state index contributed by atoms with van der Waals surface area (Å²) in [6.45, 7) is 1.88. The maximum atomic E-state index is 6.03. The van der Waals surface area contributed by atoms with E-state index in [1.807, 2.05) is 6.92 Å². The molecule has 1 aromatic carbocycles. The van der Waals surface area contributed by atoms with Gasteiger partial charge in [0.25, 0.3) is 5.89 Å². The smallest absolute Gasteiger partial charge is 0.259 e. The van der Waals surface area contributed by atoms with Gasteiger partial charge in [-0.2, -0.15) is 4.98 Å². The first-order valence-electron chi connectivity index (χ1n) is 5.10. The Balaban J connectivity index is 2.33. The highest BCUT2D eigenvalue weighted by atomic mass is 35.5. The van der Waals surface area contributed by atoms with E-state index in [2.05, 4.69) is 10.1 Å². The molecule has 1 atom stereocenters. The molecule has 1 aromatic heterocycles. The zero-order valence-corrected chi connectivity index (χ0v) is 10.7. The first kappa shape index (κ1) is 12.4. The number of nitrogens with two attached hydrogens (primary N) is 1. The summed E-state index contributed by atoms with van der Waals surface area (Å²) in [7, 11) is 0. The highest BCUT2D eigenvalue weighted by Crippen LogP contribution is 2.29. The maximum absolute atomic E-state index is 6.03. The molecule has 0 fully saturated rings. The fraction of sp³-hybridized carbons (Fsp3) is 0.273. The van der Waals surface area contributed by atoms with Crippen LogP contribution in [0.5, 0.6) is 0 Å². The van der Waals surface area contributed by atoms with Crippen LogP contribution in [0.1, 0.15) is 12.7 Å². The predicted octanol–water partition coefficient (Wildman–Crippen LogP) is 2.93. The van der Waals surface area contributed by atoms with Crippen molar-refractivity contribution >= 4 is 23.2 Å². The van der Waals surface area contributed by atoms with Crippen molar-refractivity contribution in [2.45, 2.75) is 19.4 Å². The number of nitrogens with zero attached hydrogens (tertiary/aromatic N) is 2. The van der Waals surface area contributed by atoms with Gasteiger partial charge in [0.2, 0.25) is 0 Å². The molecule has 17 heavy (non-hydrogen) atoms. The summed E-state index contributed by atoms with van der Waals surface area (Å²) < 4.78 is 5.13. The normalized spacial score (nSPS) is 12.7. The Kier molecular flexibility index (Phi) is 3.66. The number of aromatic nitrogens is 2. The molecule has 90 valence electrons. The monoisotopic (exact) mass is 271 g/mol. The van der Waals surface area contributed by atoms with Crippen molar-refractivity contribution in [3.63, 3.8) is 0 Å². The second kappa shape index (κ2) is 5.04. The van der Waals surface area contributed by atoms with Gasteiger partial charge in [0, 0.05) is 17.5 Å². The van der Waals surface area contributed by atoms with Crippen molar-refractivity contribution in [3.05, 3.63) is 34.1 Å². The molecule has 0 saturated carbocycles. The van der Waals surface area contributed by atoms with E-state index in [4.69, 9.17) is 33.5 Å². The van der Waals surface area contributed by atoms with Crippen molar-refractivity contribution in [3.8, 4) is 11.5 Å². The van der Waals surface area contributed by atoms with E-state index in [-0.39, 0.29) is 6.04 Å². The minimum atomic E-state index is -0.0183. The Morgan fingerprint density at radius 2 is 2.18 bits per heavy atom. The van der Waals surface area contributed by atoms with Crippen LogP contribution >= 0.6 is 23.2 Å². The molecular weight excluding hydrogens is 261 g/mol. The number of benzene rings is 1. The molecule has 0 saturated heterocycles. The molecule has 0 spiro atoms.